The molecular formula is C20H16F6N2O6S4. The maximum atomic E-state index is 10.7. The maximum Gasteiger partial charge on any atom is 0.485 e. The van der Waals surface area contributed by atoms with Gasteiger partial charge in [-0.15, -0.1) is 0 Å². The number of thiazole rings is 2. The Morgan fingerprint density at radius 1 is 0.605 bits per heavy atom. The molecule has 208 valence electrons. The van der Waals surface area contributed by atoms with Crippen LogP contribution in [0.1, 0.15) is 0 Å². The van der Waals surface area contributed by atoms with Crippen LogP contribution in [0.3, 0.4) is 0 Å². The minimum atomic E-state index is -6.09. The Morgan fingerprint density at radius 3 is 1.05 bits per heavy atom. The summed E-state index contributed by atoms with van der Waals surface area (Å²) in [7, 11) is -7.86. The molecule has 18 heteroatoms. The number of hydrogen-bond acceptors (Lipinski definition) is 8. The highest BCUT2D eigenvalue weighted by molar-refractivity contribution is 7.86. The van der Waals surface area contributed by atoms with Gasteiger partial charge in [0.1, 0.15) is 14.1 Å². The number of aryl methyl sites for hydroxylation is 2. The average Bonchev–Trinajstić information content (AvgIpc) is 3.29. The molecule has 0 saturated carbocycles. The highest BCUT2D eigenvalue weighted by Gasteiger charge is 2.37. The second kappa shape index (κ2) is 11.6. The zero-order valence-corrected chi connectivity index (χ0v) is 22.3. The second-order valence-electron chi connectivity index (χ2n) is 7.07. The Labute approximate surface area is 220 Å². The van der Waals surface area contributed by atoms with E-state index in [-0.39, 0.29) is 0 Å². The molecule has 4 aromatic rings. The fraction of sp³-hybridized carbons (Fsp3) is 0.200. The molecule has 2 aromatic carbocycles. The Morgan fingerprint density at radius 2 is 0.842 bits per heavy atom. The van der Waals surface area contributed by atoms with Gasteiger partial charge >= 0.3 is 20.7 Å². The first-order valence-corrected chi connectivity index (χ1v) is 14.2. The molecule has 38 heavy (non-hydrogen) atoms. The molecule has 0 aliphatic rings. The van der Waals surface area contributed by atoms with E-state index in [1.807, 2.05) is 22.7 Å². The van der Waals surface area contributed by atoms with Crippen LogP contribution in [0.2, 0.25) is 0 Å². The summed E-state index contributed by atoms with van der Waals surface area (Å²) in [5.74, 6) is 0. The summed E-state index contributed by atoms with van der Waals surface area (Å²) in [6.45, 7) is 0. The zero-order valence-electron chi connectivity index (χ0n) is 19.0. The molecular weight excluding hydrogens is 606 g/mol. The van der Waals surface area contributed by atoms with Crippen LogP contribution < -0.4 is 9.13 Å². The first-order valence-electron chi connectivity index (χ1n) is 9.72. The number of aromatic nitrogens is 2. The van der Waals surface area contributed by atoms with Crippen molar-refractivity contribution in [2.75, 3.05) is 0 Å². The molecule has 4 rings (SSSR count). The Balaban J connectivity index is 0.000000264. The van der Waals surface area contributed by atoms with Gasteiger partial charge in [-0.05, 0) is 24.3 Å². The van der Waals surface area contributed by atoms with Crippen molar-refractivity contribution in [3.8, 4) is 21.1 Å². The Kier molecular flexibility index (Phi) is 9.66. The molecule has 0 saturated heterocycles. The van der Waals surface area contributed by atoms with Crippen LogP contribution in [0.5, 0.6) is 0 Å². The number of halogens is 6. The highest BCUT2D eigenvalue weighted by atomic mass is 32.2. The number of alkyl halides is 6. The van der Waals surface area contributed by atoms with Gasteiger partial charge in [-0.1, -0.05) is 36.4 Å². The molecule has 2 aromatic heterocycles. The summed E-state index contributed by atoms with van der Waals surface area (Å²) < 4.78 is 122. The molecule has 0 aliphatic heterocycles. The normalized spacial score (nSPS) is 12.4. The van der Waals surface area contributed by atoms with Crippen molar-refractivity contribution < 1.29 is 61.4 Å². The van der Waals surface area contributed by atoms with Gasteiger partial charge in [0.2, 0.25) is 0 Å². The van der Waals surface area contributed by atoms with Gasteiger partial charge in [0.25, 0.3) is 10.0 Å². The van der Waals surface area contributed by atoms with Crippen molar-refractivity contribution >= 4 is 52.6 Å². The minimum absolute atomic E-state index is 1.28. The summed E-state index contributed by atoms with van der Waals surface area (Å²) in [5.41, 5.74) is -8.74. The van der Waals surface area contributed by atoms with E-state index in [9.17, 15) is 26.3 Å². The lowest BCUT2D eigenvalue weighted by Crippen LogP contribution is -2.29. The fourth-order valence-corrected chi connectivity index (χ4v) is 5.28. The van der Waals surface area contributed by atoms with Crippen molar-refractivity contribution in [2.24, 2.45) is 14.1 Å². The lowest BCUT2D eigenvalue weighted by Gasteiger charge is -2.08. The number of fused-ring (bicyclic) bond motifs is 1. The van der Waals surface area contributed by atoms with E-state index >= 15 is 0 Å². The van der Waals surface area contributed by atoms with E-state index in [4.69, 9.17) is 25.9 Å². The van der Waals surface area contributed by atoms with Crippen LogP contribution in [0.25, 0.3) is 30.8 Å². The summed E-state index contributed by atoms with van der Waals surface area (Å²) in [6.07, 6.45) is 0. The molecule has 0 aliphatic carbocycles. The van der Waals surface area contributed by atoms with E-state index in [1.54, 1.807) is 0 Å². The van der Waals surface area contributed by atoms with E-state index in [0.29, 0.717) is 0 Å². The van der Waals surface area contributed by atoms with E-state index in [2.05, 4.69) is 83.9 Å². The molecule has 2 heterocycles. The molecule has 8 nitrogen and oxygen atoms in total. The molecule has 0 radical (unpaired) electrons. The highest BCUT2D eigenvalue weighted by Crippen LogP contribution is 2.33. The second-order valence-corrected chi connectivity index (χ2v) is 11.8. The lowest BCUT2D eigenvalue weighted by molar-refractivity contribution is -0.642. The average molecular weight is 623 g/mol. The van der Waals surface area contributed by atoms with Crippen molar-refractivity contribution in [3.05, 3.63) is 60.7 Å². The van der Waals surface area contributed by atoms with Gasteiger partial charge in [-0.3, -0.25) is 0 Å². The van der Waals surface area contributed by atoms with Crippen molar-refractivity contribution in [1.82, 2.24) is 0 Å². The maximum absolute atomic E-state index is 10.7. The predicted molar refractivity (Wildman–Crippen MR) is 124 cm³/mol. The standard InChI is InChI=1S/C18H16N2S2.2CHF3O3S/c1-19-15(13-9-5-3-6-10-13)21-18-17(19)22-16(20(18)2)14-11-7-4-8-12-14;2*2-1(3,4)8(5,6)7/h3-12H,1-2H3;2*(H,5,6,7)/q+2;;/p-2. The number of rotatable bonds is 2. The van der Waals surface area contributed by atoms with Crippen LogP contribution in [0.4, 0.5) is 26.3 Å². The summed E-state index contributed by atoms with van der Waals surface area (Å²) in [6, 6.07) is 21.2. The third-order valence-corrected chi connectivity index (χ3v) is 8.39. The monoisotopic (exact) mass is 622 g/mol. The van der Waals surface area contributed by atoms with Gasteiger partial charge in [-0.25, -0.2) is 16.8 Å². The SMILES string of the molecule is C[n+]1c(-c2ccccc2)sc2c1sc(-c1ccccc1)[n+]2C.O=S(=O)([O-])C(F)(F)F.O=S(=O)([O-])C(F)(F)F. The molecule has 0 atom stereocenters. The first-order chi connectivity index (χ1) is 17.3. The quantitative estimate of drug-likeness (QED) is 0.144. The van der Waals surface area contributed by atoms with Gasteiger partial charge in [-0.2, -0.15) is 35.5 Å². The molecule has 0 N–H and O–H groups in total. The number of nitrogens with zero attached hydrogens (tertiary/aromatic N) is 2. The van der Waals surface area contributed by atoms with E-state index < -0.39 is 31.3 Å². The van der Waals surface area contributed by atoms with Gasteiger partial charge < -0.3 is 9.11 Å². The first kappa shape index (κ1) is 31.6. The van der Waals surface area contributed by atoms with Crippen LogP contribution in [-0.2, 0) is 34.3 Å². The Bertz CT molecular complexity index is 1480. The zero-order chi connectivity index (χ0) is 29.1. The Hall–Kier alpha value is -2.64. The molecule has 0 unspecified atom stereocenters. The van der Waals surface area contributed by atoms with Crippen LogP contribution in [-0.4, -0.2) is 37.0 Å². The number of benzene rings is 2. The summed E-state index contributed by atoms with van der Waals surface area (Å²) >= 11 is 3.71. The van der Waals surface area contributed by atoms with E-state index in [0.717, 1.165) is 0 Å². The predicted octanol–water partition coefficient (Wildman–Crippen LogP) is 4.05. The van der Waals surface area contributed by atoms with Crippen LogP contribution in [0.15, 0.2) is 60.7 Å². The van der Waals surface area contributed by atoms with Crippen LogP contribution >= 0.6 is 22.7 Å². The summed E-state index contributed by atoms with van der Waals surface area (Å²) in [4.78, 5) is 2.65. The molecule has 0 bridgehead atoms. The summed E-state index contributed by atoms with van der Waals surface area (Å²) in [5, 5.41) is 2.61. The van der Waals surface area contributed by atoms with Gasteiger partial charge in [0, 0.05) is 22.7 Å². The topological polar surface area (TPSA) is 122 Å². The minimum Gasteiger partial charge on any atom is -0.741 e. The van der Waals surface area contributed by atoms with Crippen molar-refractivity contribution in [2.45, 2.75) is 11.0 Å². The van der Waals surface area contributed by atoms with Crippen molar-refractivity contribution in [3.63, 3.8) is 0 Å². The van der Waals surface area contributed by atoms with Gasteiger partial charge in [0.05, 0.1) is 11.1 Å². The molecule has 0 fully saturated rings. The third kappa shape index (κ3) is 7.70. The van der Waals surface area contributed by atoms with Crippen molar-refractivity contribution in [1.29, 1.82) is 0 Å². The van der Waals surface area contributed by atoms with Crippen LogP contribution in [0, 0.1) is 0 Å². The smallest absolute Gasteiger partial charge is 0.485 e. The molecule has 0 amide bonds. The van der Waals surface area contributed by atoms with E-state index in [1.165, 1.54) is 30.8 Å². The lowest BCUT2D eigenvalue weighted by atomic mass is 10.2. The largest absolute Gasteiger partial charge is 0.741 e. The third-order valence-electron chi connectivity index (χ3n) is 4.40. The van der Waals surface area contributed by atoms with Gasteiger partial charge in [0.15, 0.2) is 20.2 Å². The number of hydrogen-bond donors (Lipinski definition) is 0. The fourth-order valence-electron chi connectivity index (χ4n) is 2.68. The molecule has 0 spiro atoms.